The van der Waals surface area contributed by atoms with E-state index in [4.69, 9.17) is 11.6 Å². The number of piperidine rings is 1. The van der Waals surface area contributed by atoms with E-state index in [1.807, 2.05) is 12.1 Å². The molecule has 8 heteroatoms. The lowest BCUT2D eigenvalue weighted by Gasteiger charge is -2.32. The summed E-state index contributed by atoms with van der Waals surface area (Å²) in [5.41, 5.74) is 2.83. The molecule has 6 nitrogen and oxygen atoms in total. The summed E-state index contributed by atoms with van der Waals surface area (Å²) in [5, 5.41) is 3.29. The summed E-state index contributed by atoms with van der Waals surface area (Å²) >= 11 is 6.15. The van der Waals surface area contributed by atoms with Gasteiger partial charge in [0.25, 0.3) is 0 Å². The number of amides is 1. The number of nitrogens with one attached hydrogen (secondary N) is 1. The standard InChI is InChI=1S/C23H30ClN3O3S/c1-18-6-5-13-26(15-18)21-11-9-19(10-12-21)14-25-23(28)17-27(31(2,29)30)16-20-7-3-4-8-22(20)24/h3-4,7-12,18H,5-6,13-17H2,1-2H3,(H,25,28)/t18-/m0/s1. The van der Waals surface area contributed by atoms with Crippen LogP contribution < -0.4 is 10.2 Å². The number of sulfonamides is 1. The van der Waals surface area contributed by atoms with Crippen LogP contribution >= 0.6 is 11.6 Å². The van der Waals surface area contributed by atoms with Crippen LogP contribution in [-0.2, 0) is 27.9 Å². The second kappa shape index (κ2) is 10.5. The van der Waals surface area contributed by atoms with Crippen molar-refractivity contribution in [1.29, 1.82) is 0 Å². The normalized spacial score (nSPS) is 17.0. The average Bonchev–Trinajstić information content (AvgIpc) is 2.73. The average molecular weight is 464 g/mol. The minimum absolute atomic E-state index is 0.0505. The van der Waals surface area contributed by atoms with Gasteiger partial charge in [0.1, 0.15) is 0 Å². The fraction of sp³-hybridized carbons (Fsp3) is 0.435. The van der Waals surface area contributed by atoms with Crippen molar-refractivity contribution in [2.45, 2.75) is 32.9 Å². The van der Waals surface area contributed by atoms with Crippen LogP contribution in [0.2, 0.25) is 5.02 Å². The molecule has 1 atom stereocenters. The maximum Gasteiger partial charge on any atom is 0.235 e. The van der Waals surface area contributed by atoms with Gasteiger partial charge in [-0.1, -0.05) is 48.9 Å². The van der Waals surface area contributed by atoms with E-state index in [1.165, 1.54) is 18.5 Å². The third kappa shape index (κ3) is 6.95. The van der Waals surface area contributed by atoms with Gasteiger partial charge in [0.05, 0.1) is 12.8 Å². The van der Waals surface area contributed by atoms with E-state index in [0.717, 1.165) is 29.2 Å². The third-order valence-corrected chi connectivity index (χ3v) is 7.11. The van der Waals surface area contributed by atoms with Crippen LogP contribution in [0.5, 0.6) is 0 Å². The van der Waals surface area contributed by atoms with Crippen LogP contribution in [-0.4, -0.2) is 44.5 Å². The molecule has 0 radical (unpaired) electrons. The molecule has 2 aromatic rings. The molecule has 3 rings (SSSR count). The highest BCUT2D eigenvalue weighted by atomic mass is 35.5. The molecule has 0 aromatic heterocycles. The molecule has 1 N–H and O–H groups in total. The first-order valence-corrected chi connectivity index (χ1v) is 12.7. The Morgan fingerprint density at radius 1 is 1.19 bits per heavy atom. The van der Waals surface area contributed by atoms with Gasteiger partial charge >= 0.3 is 0 Å². The summed E-state index contributed by atoms with van der Waals surface area (Å²) in [4.78, 5) is 14.8. The molecule has 0 unspecified atom stereocenters. The topological polar surface area (TPSA) is 69.7 Å². The number of carbonyl (C=O) groups is 1. The molecule has 1 saturated heterocycles. The summed E-state index contributed by atoms with van der Waals surface area (Å²) in [6.07, 6.45) is 3.59. The van der Waals surface area contributed by atoms with Crippen LogP contribution in [0, 0.1) is 5.92 Å². The number of hydrogen-bond donors (Lipinski definition) is 1. The molecular formula is C23H30ClN3O3S. The number of nitrogens with zero attached hydrogens (tertiary/aromatic N) is 2. The zero-order chi connectivity index (χ0) is 22.4. The first-order valence-electron chi connectivity index (χ1n) is 10.5. The van der Waals surface area contributed by atoms with Crippen molar-refractivity contribution in [2.75, 3.05) is 30.8 Å². The minimum atomic E-state index is -3.57. The number of benzene rings is 2. The Morgan fingerprint density at radius 3 is 2.55 bits per heavy atom. The third-order valence-electron chi connectivity index (χ3n) is 5.54. The van der Waals surface area contributed by atoms with Gasteiger partial charge < -0.3 is 10.2 Å². The molecular weight excluding hydrogens is 434 g/mol. The highest BCUT2D eigenvalue weighted by Crippen LogP contribution is 2.23. The van der Waals surface area contributed by atoms with Crippen molar-refractivity contribution in [3.8, 4) is 0 Å². The summed E-state index contributed by atoms with van der Waals surface area (Å²) in [7, 11) is -3.57. The van der Waals surface area contributed by atoms with Gasteiger partial charge in [0.2, 0.25) is 15.9 Å². The summed E-state index contributed by atoms with van der Waals surface area (Å²) < 4.78 is 25.5. The van der Waals surface area contributed by atoms with Gasteiger partial charge in [0, 0.05) is 36.9 Å². The molecule has 0 saturated carbocycles. The SMILES string of the molecule is C[C@H]1CCCN(c2ccc(CNC(=O)CN(Cc3ccccc3Cl)S(C)(=O)=O)cc2)C1. The Morgan fingerprint density at radius 2 is 1.90 bits per heavy atom. The van der Waals surface area contributed by atoms with Crippen molar-refractivity contribution in [3.05, 3.63) is 64.7 Å². The first-order chi connectivity index (χ1) is 14.7. The maximum atomic E-state index is 12.4. The van der Waals surface area contributed by atoms with Gasteiger partial charge in [-0.3, -0.25) is 4.79 Å². The Bertz CT molecular complexity index is 995. The Labute approximate surface area is 190 Å². The molecule has 0 spiro atoms. The van der Waals surface area contributed by atoms with Crippen LogP contribution in [0.1, 0.15) is 30.9 Å². The maximum absolute atomic E-state index is 12.4. The van der Waals surface area contributed by atoms with E-state index in [-0.39, 0.29) is 19.0 Å². The van der Waals surface area contributed by atoms with E-state index < -0.39 is 10.0 Å². The molecule has 31 heavy (non-hydrogen) atoms. The largest absolute Gasteiger partial charge is 0.371 e. The Kier molecular flexibility index (Phi) is 7.97. The highest BCUT2D eigenvalue weighted by molar-refractivity contribution is 7.88. The Balaban J connectivity index is 1.56. The summed E-state index contributed by atoms with van der Waals surface area (Å²) in [6, 6.07) is 15.2. The van der Waals surface area contributed by atoms with E-state index in [1.54, 1.807) is 24.3 Å². The molecule has 0 bridgehead atoms. The zero-order valence-electron chi connectivity index (χ0n) is 18.1. The minimum Gasteiger partial charge on any atom is -0.371 e. The van der Waals surface area contributed by atoms with Crippen LogP contribution in [0.25, 0.3) is 0 Å². The first kappa shape index (κ1) is 23.6. The predicted octanol–water partition coefficient (Wildman–Crippen LogP) is 3.65. The second-order valence-corrected chi connectivity index (χ2v) is 10.6. The van der Waals surface area contributed by atoms with Crippen LogP contribution in [0.15, 0.2) is 48.5 Å². The second-order valence-electron chi connectivity index (χ2n) is 8.26. The smallest absolute Gasteiger partial charge is 0.235 e. The molecule has 1 amide bonds. The number of carbonyl (C=O) groups excluding carboxylic acids is 1. The lowest BCUT2D eigenvalue weighted by molar-refractivity contribution is -0.121. The molecule has 1 heterocycles. The molecule has 1 aliphatic heterocycles. The number of hydrogen-bond acceptors (Lipinski definition) is 4. The van der Waals surface area contributed by atoms with Gasteiger partial charge in [-0.2, -0.15) is 4.31 Å². The van der Waals surface area contributed by atoms with Gasteiger partial charge in [-0.25, -0.2) is 8.42 Å². The van der Waals surface area contributed by atoms with Gasteiger partial charge in [-0.05, 0) is 48.1 Å². The van der Waals surface area contributed by atoms with E-state index in [9.17, 15) is 13.2 Å². The number of halogens is 1. The summed E-state index contributed by atoms with van der Waals surface area (Å²) in [6.45, 7) is 4.57. The predicted molar refractivity (Wildman–Crippen MR) is 126 cm³/mol. The van der Waals surface area contributed by atoms with Crippen molar-refractivity contribution in [3.63, 3.8) is 0 Å². The lowest BCUT2D eigenvalue weighted by atomic mass is 9.99. The van der Waals surface area contributed by atoms with Gasteiger partial charge in [0.15, 0.2) is 0 Å². The number of anilines is 1. The monoisotopic (exact) mass is 463 g/mol. The van der Waals surface area contributed by atoms with E-state index in [2.05, 4.69) is 29.3 Å². The van der Waals surface area contributed by atoms with E-state index >= 15 is 0 Å². The lowest BCUT2D eigenvalue weighted by Crippen LogP contribution is -2.39. The van der Waals surface area contributed by atoms with Crippen molar-refractivity contribution in [2.24, 2.45) is 5.92 Å². The summed E-state index contributed by atoms with van der Waals surface area (Å²) in [5.74, 6) is 0.350. The highest BCUT2D eigenvalue weighted by Gasteiger charge is 2.21. The fourth-order valence-electron chi connectivity index (χ4n) is 3.77. The van der Waals surface area contributed by atoms with Crippen LogP contribution in [0.4, 0.5) is 5.69 Å². The van der Waals surface area contributed by atoms with Crippen molar-refractivity contribution in [1.82, 2.24) is 9.62 Å². The Hall–Kier alpha value is -2.09. The molecule has 0 aliphatic carbocycles. The van der Waals surface area contributed by atoms with Gasteiger partial charge in [-0.15, -0.1) is 0 Å². The zero-order valence-corrected chi connectivity index (χ0v) is 19.6. The fourth-order valence-corrected chi connectivity index (χ4v) is 4.69. The van der Waals surface area contributed by atoms with Crippen LogP contribution in [0.3, 0.4) is 0 Å². The van der Waals surface area contributed by atoms with Crippen molar-refractivity contribution < 1.29 is 13.2 Å². The quantitative estimate of drug-likeness (QED) is 0.648. The molecule has 1 fully saturated rings. The molecule has 2 aromatic carbocycles. The van der Waals surface area contributed by atoms with E-state index in [0.29, 0.717) is 23.0 Å². The molecule has 1 aliphatic rings. The molecule has 168 valence electrons. The number of rotatable bonds is 8. The van der Waals surface area contributed by atoms with Crippen molar-refractivity contribution >= 4 is 33.2 Å².